The Kier molecular flexibility index (Phi) is 9.13. The number of hydrogen-bond donors (Lipinski definition) is 1. The number of pyridine rings is 1. The van der Waals surface area contributed by atoms with Crippen molar-refractivity contribution in [2.24, 2.45) is 0 Å². The fourth-order valence-corrected chi connectivity index (χ4v) is 10.1. The molecule has 0 unspecified atom stereocenters. The van der Waals surface area contributed by atoms with E-state index < -0.39 is 47.8 Å². The summed E-state index contributed by atoms with van der Waals surface area (Å²) in [4.78, 5) is 18.6. The first-order valence-electron chi connectivity index (χ1n) is 19.4. The number of ether oxygens (including phenoxy) is 2. The summed E-state index contributed by atoms with van der Waals surface area (Å²) >= 11 is 0. The second-order valence-corrected chi connectivity index (χ2v) is 16.2. The molecule has 5 aliphatic rings. The predicted octanol–water partition coefficient (Wildman–Crippen LogP) is 8.03. The van der Waals surface area contributed by atoms with Gasteiger partial charge in [0.1, 0.15) is 29.5 Å². The number of nitrogens with one attached hydrogen (secondary N) is 1. The number of aryl methyl sites for hydroxylation is 1. The molecule has 57 heavy (non-hydrogen) atoms. The van der Waals surface area contributed by atoms with Crippen LogP contribution < -0.4 is 15.0 Å². The van der Waals surface area contributed by atoms with Gasteiger partial charge in [0, 0.05) is 41.7 Å². The van der Waals surface area contributed by atoms with E-state index in [1.807, 2.05) is 4.90 Å². The first kappa shape index (κ1) is 38.2. The Morgan fingerprint density at radius 3 is 2.53 bits per heavy atom. The van der Waals surface area contributed by atoms with E-state index in [2.05, 4.69) is 21.1 Å². The molecule has 0 amide bonds. The summed E-state index contributed by atoms with van der Waals surface area (Å²) in [5.74, 6) is 1.54. The second kappa shape index (κ2) is 13.6. The molecule has 1 N–H and O–H groups in total. The molecule has 16 heteroatoms. The molecule has 0 saturated carbocycles. The van der Waals surface area contributed by atoms with E-state index in [0.717, 1.165) is 25.7 Å². The van der Waals surface area contributed by atoms with E-state index in [1.54, 1.807) is 24.3 Å². The van der Waals surface area contributed by atoms with Crippen LogP contribution in [0.25, 0.3) is 32.9 Å². The van der Waals surface area contributed by atoms with E-state index in [1.165, 1.54) is 6.07 Å². The zero-order valence-corrected chi connectivity index (χ0v) is 31.0. The number of terminal acetylenes is 1. The number of halogens is 8. The first-order valence-corrected chi connectivity index (χ1v) is 19.4. The third kappa shape index (κ3) is 6.09. The summed E-state index contributed by atoms with van der Waals surface area (Å²) < 4.78 is 125. The number of anilines is 1. The molecule has 0 spiro atoms. The van der Waals surface area contributed by atoms with E-state index >= 15 is 8.78 Å². The monoisotopic (exact) mass is 800 g/mol. The number of fused-ring (bicyclic) bond motifs is 7. The minimum Gasteiger partial charge on any atom is -0.461 e. The minimum absolute atomic E-state index is 0.0133. The highest BCUT2D eigenvalue weighted by Gasteiger charge is 2.69. The summed E-state index contributed by atoms with van der Waals surface area (Å²) in [5, 5.41) is 5.14. The smallest absolute Gasteiger partial charge is 0.426 e. The maximum atomic E-state index is 17.3. The van der Waals surface area contributed by atoms with Crippen molar-refractivity contribution < 1.29 is 44.6 Å². The van der Waals surface area contributed by atoms with Crippen LogP contribution in [0.3, 0.4) is 0 Å². The quantitative estimate of drug-likeness (QED) is 0.149. The molecule has 2 aromatic carbocycles. The predicted molar refractivity (Wildman–Crippen MR) is 196 cm³/mol. The molecule has 9 rings (SSSR count). The molecule has 5 aliphatic heterocycles. The minimum atomic E-state index is -5.67. The average Bonchev–Trinajstić information content (AvgIpc) is 3.86. The van der Waals surface area contributed by atoms with Crippen LogP contribution >= 0.6 is 0 Å². The van der Waals surface area contributed by atoms with Gasteiger partial charge in [0.15, 0.2) is 5.82 Å². The van der Waals surface area contributed by atoms with Gasteiger partial charge in [-0.3, -0.25) is 4.90 Å². The lowest BCUT2D eigenvalue weighted by Crippen LogP contribution is -2.58. The first-order chi connectivity index (χ1) is 27.1. The Labute approximate surface area is 323 Å². The number of nitrogens with zero attached hydrogens (tertiary/aromatic N) is 5. The highest BCUT2D eigenvalue weighted by molar-refractivity contribution is 6.02. The zero-order valence-electron chi connectivity index (χ0n) is 31.0. The Balaban J connectivity index is 1.11. The van der Waals surface area contributed by atoms with Crippen molar-refractivity contribution in [3.05, 3.63) is 53.2 Å². The number of hydrogen-bond acceptors (Lipinski definition) is 8. The molecule has 4 aromatic rings. The van der Waals surface area contributed by atoms with Gasteiger partial charge in [0.25, 0.3) is 5.60 Å². The van der Waals surface area contributed by atoms with Gasteiger partial charge in [-0.2, -0.15) is 36.3 Å². The SMILES string of the molecule is C#Cc1c(F)ccc2cccc(-c3nc4c5c(nc(OC[C@@]67CCCN6[C@H](COC(C)(C(F)(F)F)C(F)(F)F)CC7)nc5c3F)N3C[C@@H]5CC[C@@H](N5)[C@H]3CCC4)c12. The normalized spacial score (nSPS) is 26.4. The van der Waals surface area contributed by atoms with Crippen LogP contribution in [0, 0.1) is 24.0 Å². The number of aromatic nitrogens is 3. The van der Waals surface area contributed by atoms with E-state index in [4.69, 9.17) is 25.9 Å². The van der Waals surface area contributed by atoms with Gasteiger partial charge in [-0.1, -0.05) is 30.2 Å². The average molecular weight is 801 g/mol. The van der Waals surface area contributed by atoms with Crippen molar-refractivity contribution in [1.29, 1.82) is 0 Å². The second-order valence-electron chi connectivity index (χ2n) is 16.2. The van der Waals surface area contributed by atoms with Crippen LogP contribution in [0.4, 0.5) is 40.9 Å². The van der Waals surface area contributed by atoms with Crippen LogP contribution in [-0.2, 0) is 11.2 Å². The van der Waals surface area contributed by atoms with Gasteiger partial charge in [0.2, 0.25) is 0 Å². The van der Waals surface area contributed by atoms with Crippen molar-refractivity contribution in [3.8, 4) is 29.6 Å². The molecule has 302 valence electrons. The molecule has 2 bridgehead atoms. The molecular weight excluding hydrogens is 760 g/mol. The lowest BCUT2D eigenvalue weighted by Gasteiger charge is -2.43. The topological polar surface area (TPSA) is 75.6 Å². The fraction of sp³-hybridized carbons (Fsp3) is 0.537. The maximum Gasteiger partial charge on any atom is 0.426 e. The van der Waals surface area contributed by atoms with Gasteiger partial charge in [0.05, 0.1) is 28.8 Å². The summed E-state index contributed by atoms with van der Waals surface area (Å²) in [6.07, 6.45) is 0.454. The van der Waals surface area contributed by atoms with Gasteiger partial charge in [-0.25, -0.2) is 13.8 Å². The number of rotatable bonds is 7. The van der Waals surface area contributed by atoms with Crippen LogP contribution in [0.5, 0.6) is 6.01 Å². The fourth-order valence-electron chi connectivity index (χ4n) is 10.1. The molecule has 5 atom stereocenters. The van der Waals surface area contributed by atoms with Crippen LogP contribution in [0.2, 0.25) is 0 Å². The van der Waals surface area contributed by atoms with Crippen molar-refractivity contribution in [2.75, 3.05) is 31.2 Å². The van der Waals surface area contributed by atoms with Crippen LogP contribution in [0.15, 0.2) is 30.3 Å². The number of benzene rings is 2. The highest BCUT2D eigenvalue weighted by atomic mass is 19.4. The summed E-state index contributed by atoms with van der Waals surface area (Å²) in [7, 11) is 0. The third-order valence-electron chi connectivity index (χ3n) is 13.1. The van der Waals surface area contributed by atoms with Crippen molar-refractivity contribution in [3.63, 3.8) is 0 Å². The third-order valence-corrected chi connectivity index (χ3v) is 13.1. The maximum absolute atomic E-state index is 17.3. The molecule has 0 radical (unpaired) electrons. The highest BCUT2D eigenvalue weighted by Crippen LogP contribution is 2.48. The standard InChI is InChI=1S/C41H40F8N6O2/c1-3-25-27(42)13-11-22-7-4-8-26(31(22)25)34-33(43)35-32-29(51-34)9-5-10-30-28-14-12-23(50-28)19-54(30)36(32)53-37(52-35)56-21-39-16-6-18-55(39)24(15-17-39)20-57-38(2,40(44,45)46)41(47,48)49/h1,4,7-8,11,13,23-24,28,30,50H,5-6,9-10,12,14-21H2,2H3/t23-,24-,28+,30+,39-/m0/s1. The van der Waals surface area contributed by atoms with Gasteiger partial charge < -0.3 is 19.7 Å². The number of piperazine rings is 1. The van der Waals surface area contributed by atoms with Crippen LogP contribution in [0.1, 0.15) is 69.5 Å². The van der Waals surface area contributed by atoms with Crippen LogP contribution in [-0.4, -0.2) is 93.8 Å². The molecule has 4 fully saturated rings. The molecule has 0 aliphatic carbocycles. The van der Waals surface area contributed by atoms with E-state index in [0.29, 0.717) is 78.4 Å². The Hall–Kier alpha value is -4.33. The summed E-state index contributed by atoms with van der Waals surface area (Å²) in [5.41, 5.74) is -4.22. The van der Waals surface area contributed by atoms with Crippen molar-refractivity contribution >= 4 is 27.5 Å². The lowest BCUT2D eigenvalue weighted by atomic mass is 9.93. The summed E-state index contributed by atoms with van der Waals surface area (Å²) in [6.45, 7) is 0.268. The summed E-state index contributed by atoms with van der Waals surface area (Å²) in [6, 6.07) is 7.66. The van der Waals surface area contributed by atoms with Gasteiger partial charge in [-0.15, -0.1) is 6.42 Å². The van der Waals surface area contributed by atoms with Gasteiger partial charge >= 0.3 is 18.4 Å². The van der Waals surface area contributed by atoms with Crippen molar-refractivity contribution in [2.45, 2.75) is 112 Å². The molecule has 8 nitrogen and oxygen atoms in total. The Morgan fingerprint density at radius 1 is 0.947 bits per heavy atom. The Morgan fingerprint density at radius 2 is 1.75 bits per heavy atom. The Bertz CT molecular complexity index is 2280. The largest absolute Gasteiger partial charge is 0.461 e. The van der Waals surface area contributed by atoms with E-state index in [9.17, 15) is 26.3 Å². The van der Waals surface area contributed by atoms with Crippen molar-refractivity contribution in [1.82, 2.24) is 25.2 Å². The molecule has 7 heterocycles. The molecule has 4 saturated heterocycles. The van der Waals surface area contributed by atoms with Gasteiger partial charge in [-0.05, 0) is 82.7 Å². The lowest BCUT2D eigenvalue weighted by molar-refractivity contribution is -0.375. The zero-order chi connectivity index (χ0) is 40.1. The molecular formula is C41H40F8N6O2. The number of alkyl halides is 6. The van der Waals surface area contributed by atoms with E-state index in [-0.39, 0.29) is 54.4 Å². The molecule has 2 aromatic heterocycles.